The van der Waals surface area contributed by atoms with E-state index in [2.05, 4.69) is 38.1 Å². The highest BCUT2D eigenvalue weighted by atomic mass is 35.5. The number of rotatable bonds is 4. The van der Waals surface area contributed by atoms with Crippen LogP contribution in [-0.2, 0) is 0 Å². The number of nitrogens with zero attached hydrogens (tertiary/aromatic N) is 3. The molecule has 0 unspecified atom stereocenters. The van der Waals surface area contributed by atoms with E-state index in [1.807, 2.05) is 18.2 Å². The number of nitrogens with one attached hydrogen (secondary N) is 2. The van der Waals surface area contributed by atoms with E-state index in [1.54, 1.807) is 18.3 Å². The number of carbonyl (C=O) groups is 1. The van der Waals surface area contributed by atoms with Gasteiger partial charge in [-0.1, -0.05) is 30.7 Å². The molecule has 1 aliphatic rings. The van der Waals surface area contributed by atoms with Gasteiger partial charge in [0, 0.05) is 31.6 Å². The Kier molecular flexibility index (Phi) is 5.01. The van der Waals surface area contributed by atoms with Gasteiger partial charge in [-0.05, 0) is 30.8 Å². The third kappa shape index (κ3) is 3.77. The number of hydrogen-bond donors (Lipinski definition) is 2. The van der Waals surface area contributed by atoms with E-state index in [0.29, 0.717) is 10.8 Å². The topological polar surface area (TPSA) is 64.3 Å². The fourth-order valence-corrected chi connectivity index (χ4v) is 3.64. The van der Waals surface area contributed by atoms with Crippen LogP contribution in [0.1, 0.15) is 17.4 Å². The molecular weight excluding hydrogens is 362 g/mol. The fraction of sp³-hybridized carbons (Fsp3) is 0.300. The van der Waals surface area contributed by atoms with E-state index >= 15 is 0 Å². The first-order valence-corrected chi connectivity index (χ1v) is 9.54. The van der Waals surface area contributed by atoms with Crippen molar-refractivity contribution in [1.82, 2.24) is 14.9 Å². The number of hydrogen-bond acceptors (Lipinski definition) is 4. The fourth-order valence-electron chi connectivity index (χ4n) is 3.48. The first-order chi connectivity index (χ1) is 13.1. The van der Waals surface area contributed by atoms with Gasteiger partial charge in [0.1, 0.15) is 10.8 Å². The summed E-state index contributed by atoms with van der Waals surface area (Å²) in [5.74, 6) is -0.179. The third-order valence-electron chi connectivity index (χ3n) is 5.03. The first kappa shape index (κ1) is 17.8. The Bertz CT molecular complexity index is 962. The Morgan fingerprint density at radius 2 is 2.00 bits per heavy atom. The van der Waals surface area contributed by atoms with Crippen molar-refractivity contribution in [2.45, 2.75) is 6.92 Å². The van der Waals surface area contributed by atoms with E-state index in [4.69, 9.17) is 11.6 Å². The summed E-state index contributed by atoms with van der Waals surface area (Å²) in [6.07, 6.45) is 1.63. The van der Waals surface area contributed by atoms with Crippen LogP contribution in [0.25, 0.3) is 10.9 Å². The number of H-pyrrole nitrogens is 1. The number of piperazine rings is 1. The molecule has 3 heterocycles. The number of aromatic amines is 1. The van der Waals surface area contributed by atoms with Crippen LogP contribution < -0.4 is 10.2 Å². The first-order valence-electron chi connectivity index (χ1n) is 9.16. The number of fused-ring (bicyclic) bond motifs is 1. The number of carbonyl (C=O) groups excluding carboxylic acids is 1. The molecule has 2 N–H and O–H groups in total. The van der Waals surface area contributed by atoms with Crippen LogP contribution >= 0.6 is 11.6 Å². The summed E-state index contributed by atoms with van der Waals surface area (Å²) in [5, 5.41) is 4.32. The molecule has 140 valence electrons. The lowest BCUT2D eigenvalue weighted by molar-refractivity contribution is 0.102. The molecule has 1 amide bonds. The van der Waals surface area contributed by atoms with Gasteiger partial charge >= 0.3 is 0 Å². The number of pyridine rings is 1. The number of likely N-dealkylation sites (N-methyl/N-ethyl adjacent to an activating group) is 1. The molecule has 1 fully saturated rings. The van der Waals surface area contributed by atoms with Crippen LogP contribution in [0.2, 0.25) is 5.15 Å². The van der Waals surface area contributed by atoms with Gasteiger partial charge in [0.15, 0.2) is 0 Å². The number of amides is 1. The van der Waals surface area contributed by atoms with Crippen LogP contribution in [0.15, 0.2) is 42.6 Å². The van der Waals surface area contributed by atoms with Crippen LogP contribution in [0, 0.1) is 0 Å². The van der Waals surface area contributed by atoms with Crippen molar-refractivity contribution in [2.75, 3.05) is 42.9 Å². The van der Waals surface area contributed by atoms with Crippen molar-refractivity contribution in [3.8, 4) is 0 Å². The van der Waals surface area contributed by atoms with Crippen molar-refractivity contribution in [3.63, 3.8) is 0 Å². The normalized spacial score (nSPS) is 15.3. The number of para-hydroxylation sites is 2. The SMILES string of the molecule is CCN1CCN(c2ccccc2NC(=O)c2cc3cc(Cl)ncc3[nH]2)CC1. The van der Waals surface area contributed by atoms with E-state index < -0.39 is 0 Å². The summed E-state index contributed by atoms with van der Waals surface area (Å²) in [6, 6.07) is 11.5. The molecule has 0 bridgehead atoms. The maximum Gasteiger partial charge on any atom is 0.272 e. The molecule has 0 radical (unpaired) electrons. The van der Waals surface area contributed by atoms with Gasteiger partial charge in [-0.25, -0.2) is 4.98 Å². The minimum atomic E-state index is -0.179. The number of anilines is 2. The van der Waals surface area contributed by atoms with E-state index in [9.17, 15) is 4.79 Å². The zero-order valence-electron chi connectivity index (χ0n) is 15.2. The van der Waals surface area contributed by atoms with Crippen molar-refractivity contribution in [2.24, 2.45) is 0 Å². The maximum atomic E-state index is 12.8. The van der Waals surface area contributed by atoms with E-state index in [1.165, 1.54) is 0 Å². The summed E-state index contributed by atoms with van der Waals surface area (Å²) in [4.78, 5) is 24.7. The van der Waals surface area contributed by atoms with Crippen molar-refractivity contribution >= 4 is 39.8 Å². The lowest BCUT2D eigenvalue weighted by atomic mass is 10.2. The predicted octanol–water partition coefficient (Wildman–Crippen LogP) is 3.61. The molecule has 0 atom stereocenters. The quantitative estimate of drug-likeness (QED) is 0.675. The number of aromatic nitrogens is 2. The summed E-state index contributed by atoms with van der Waals surface area (Å²) < 4.78 is 0. The van der Waals surface area contributed by atoms with Gasteiger partial charge in [0.25, 0.3) is 5.91 Å². The lowest BCUT2D eigenvalue weighted by Crippen LogP contribution is -2.46. The summed E-state index contributed by atoms with van der Waals surface area (Å²) in [6.45, 7) is 7.25. The molecule has 0 saturated carbocycles. The Labute approximate surface area is 163 Å². The molecule has 6 nitrogen and oxygen atoms in total. The third-order valence-corrected chi connectivity index (χ3v) is 5.24. The standard InChI is InChI=1S/C20H22ClN5O/c1-2-25-7-9-26(10-8-25)18-6-4-3-5-15(18)24-20(27)16-11-14-12-19(21)22-13-17(14)23-16/h3-6,11-13,23H,2,7-10H2,1H3,(H,24,27). The van der Waals surface area contributed by atoms with Gasteiger partial charge in [-0.2, -0.15) is 0 Å². The Hall–Kier alpha value is -2.57. The molecule has 0 spiro atoms. The Balaban J connectivity index is 1.54. The van der Waals surface area contributed by atoms with Gasteiger partial charge in [-0.3, -0.25) is 4.79 Å². The highest BCUT2D eigenvalue weighted by Gasteiger charge is 2.19. The molecule has 1 aromatic carbocycles. The zero-order chi connectivity index (χ0) is 18.8. The van der Waals surface area contributed by atoms with Crippen LogP contribution in [0.3, 0.4) is 0 Å². The molecule has 3 aromatic rings. The summed E-state index contributed by atoms with van der Waals surface area (Å²) >= 11 is 5.93. The van der Waals surface area contributed by atoms with Crippen molar-refractivity contribution in [1.29, 1.82) is 0 Å². The van der Waals surface area contributed by atoms with Crippen molar-refractivity contribution in [3.05, 3.63) is 53.4 Å². The van der Waals surface area contributed by atoms with E-state index in [0.717, 1.165) is 55.0 Å². The average molecular weight is 384 g/mol. The summed E-state index contributed by atoms with van der Waals surface area (Å²) in [5.41, 5.74) is 3.15. The van der Waals surface area contributed by atoms with Gasteiger partial charge in [0.05, 0.1) is 23.1 Å². The molecule has 4 rings (SSSR count). The number of halogens is 1. The largest absolute Gasteiger partial charge is 0.367 e. The second-order valence-corrected chi connectivity index (χ2v) is 7.06. The minimum absolute atomic E-state index is 0.179. The average Bonchev–Trinajstić information content (AvgIpc) is 3.12. The summed E-state index contributed by atoms with van der Waals surface area (Å²) in [7, 11) is 0. The molecule has 1 saturated heterocycles. The zero-order valence-corrected chi connectivity index (χ0v) is 16.0. The van der Waals surface area contributed by atoms with Gasteiger partial charge < -0.3 is 20.1 Å². The smallest absolute Gasteiger partial charge is 0.272 e. The molecular formula is C20H22ClN5O. The Morgan fingerprint density at radius 3 is 2.78 bits per heavy atom. The maximum absolute atomic E-state index is 12.8. The lowest BCUT2D eigenvalue weighted by Gasteiger charge is -2.36. The van der Waals surface area contributed by atoms with E-state index in [-0.39, 0.29) is 5.91 Å². The van der Waals surface area contributed by atoms with Gasteiger partial charge in [-0.15, -0.1) is 0 Å². The second kappa shape index (κ2) is 7.58. The van der Waals surface area contributed by atoms with Crippen molar-refractivity contribution < 1.29 is 4.79 Å². The predicted molar refractivity (Wildman–Crippen MR) is 110 cm³/mol. The van der Waals surface area contributed by atoms with Gasteiger partial charge in [0.2, 0.25) is 0 Å². The molecule has 0 aliphatic carbocycles. The van der Waals surface area contributed by atoms with Crippen LogP contribution in [0.4, 0.5) is 11.4 Å². The van der Waals surface area contributed by atoms with Crippen LogP contribution in [-0.4, -0.2) is 53.5 Å². The second-order valence-electron chi connectivity index (χ2n) is 6.67. The Morgan fingerprint density at radius 1 is 1.22 bits per heavy atom. The number of benzene rings is 1. The molecule has 2 aromatic heterocycles. The van der Waals surface area contributed by atoms with Crippen LogP contribution in [0.5, 0.6) is 0 Å². The highest BCUT2D eigenvalue weighted by Crippen LogP contribution is 2.27. The molecule has 1 aliphatic heterocycles. The minimum Gasteiger partial charge on any atom is -0.367 e. The molecule has 7 heteroatoms. The monoisotopic (exact) mass is 383 g/mol. The molecule has 27 heavy (non-hydrogen) atoms. The highest BCUT2D eigenvalue weighted by molar-refractivity contribution is 6.30.